The van der Waals surface area contributed by atoms with E-state index < -0.39 is 47.2 Å². The molecule has 0 spiro atoms. The van der Waals surface area contributed by atoms with Crippen LogP contribution in [0.3, 0.4) is 0 Å². The molecule has 10 nitrogen and oxygen atoms in total. The van der Waals surface area contributed by atoms with E-state index in [1.165, 1.54) is 7.11 Å². The van der Waals surface area contributed by atoms with Gasteiger partial charge in [-0.1, -0.05) is 53.9 Å². The first kappa shape index (κ1) is 30.2. The zero-order chi connectivity index (χ0) is 28.8. The van der Waals surface area contributed by atoms with E-state index in [1.807, 2.05) is 41.5 Å². The Morgan fingerprint density at radius 2 is 1.66 bits per heavy atom. The number of fused-ring (bicyclic) bond motifs is 1. The Bertz CT molecular complexity index is 933. The first-order chi connectivity index (χ1) is 17.4. The van der Waals surface area contributed by atoms with Crippen LogP contribution >= 0.6 is 0 Å². The molecule has 0 aromatic heterocycles. The van der Waals surface area contributed by atoms with Crippen molar-refractivity contribution in [2.24, 2.45) is 28.6 Å². The van der Waals surface area contributed by atoms with Crippen molar-refractivity contribution >= 4 is 23.8 Å². The highest BCUT2D eigenvalue weighted by atomic mass is 16.5. The second-order valence-electron chi connectivity index (χ2n) is 14.2. The molecule has 0 aromatic carbocycles. The second kappa shape index (κ2) is 10.7. The zero-order valence-corrected chi connectivity index (χ0v) is 24.5. The molecule has 216 valence electrons. The maximum atomic E-state index is 14.0. The Morgan fingerprint density at radius 3 is 2.13 bits per heavy atom. The molecule has 0 radical (unpaired) electrons. The van der Waals surface area contributed by atoms with E-state index in [0.717, 1.165) is 19.3 Å². The average molecular weight is 537 g/mol. The number of likely N-dealkylation sites (tertiary alicyclic amines) is 1. The van der Waals surface area contributed by atoms with E-state index in [0.29, 0.717) is 18.9 Å². The number of urea groups is 1. The molecule has 6 atom stereocenters. The number of aliphatic hydroxyl groups is 1. The largest absolute Gasteiger partial charge is 0.467 e. The number of piperidine rings is 1. The minimum atomic E-state index is -1.48. The molecule has 1 saturated heterocycles. The number of rotatable bonds is 8. The Morgan fingerprint density at radius 1 is 1.05 bits per heavy atom. The second-order valence-corrected chi connectivity index (χ2v) is 14.2. The van der Waals surface area contributed by atoms with Crippen molar-refractivity contribution in [3.63, 3.8) is 0 Å². The number of carbonyl (C=O) groups excluding carboxylic acids is 4. The van der Waals surface area contributed by atoms with Crippen LogP contribution in [-0.2, 0) is 19.1 Å². The van der Waals surface area contributed by atoms with Gasteiger partial charge in [0.1, 0.15) is 12.1 Å². The summed E-state index contributed by atoms with van der Waals surface area (Å²) in [6.07, 6.45) is 2.05. The molecule has 10 heteroatoms. The minimum absolute atomic E-state index is 0.0462. The molecule has 38 heavy (non-hydrogen) atoms. The summed E-state index contributed by atoms with van der Waals surface area (Å²) in [5.74, 6) is -1.05. The van der Waals surface area contributed by atoms with Crippen molar-refractivity contribution in [1.82, 2.24) is 20.9 Å². The molecule has 3 fully saturated rings. The lowest BCUT2D eigenvalue weighted by atomic mass is 9.79. The van der Waals surface area contributed by atoms with Crippen molar-refractivity contribution in [3.8, 4) is 0 Å². The maximum Gasteiger partial charge on any atom is 0.336 e. The van der Waals surface area contributed by atoms with Crippen molar-refractivity contribution in [1.29, 1.82) is 0 Å². The third-order valence-electron chi connectivity index (χ3n) is 8.60. The number of ether oxygens (including phenoxy) is 1. The number of hydrogen-bond donors (Lipinski definition) is 4. The van der Waals surface area contributed by atoms with Crippen molar-refractivity contribution in [3.05, 3.63) is 0 Å². The Kier molecular flexibility index (Phi) is 8.47. The number of aliphatic hydroxyl groups excluding tert-OH is 1. The minimum Gasteiger partial charge on any atom is -0.467 e. The lowest BCUT2D eigenvalue weighted by Gasteiger charge is -2.39. The van der Waals surface area contributed by atoms with E-state index in [2.05, 4.69) is 29.8 Å². The van der Waals surface area contributed by atoms with Gasteiger partial charge in [0.25, 0.3) is 0 Å². The Hall–Kier alpha value is -2.36. The third-order valence-corrected chi connectivity index (χ3v) is 8.60. The first-order valence-corrected chi connectivity index (χ1v) is 13.8. The zero-order valence-electron chi connectivity index (χ0n) is 24.5. The molecule has 1 aliphatic heterocycles. The summed E-state index contributed by atoms with van der Waals surface area (Å²) in [4.78, 5) is 54.3. The molecule has 4 amide bonds. The van der Waals surface area contributed by atoms with Crippen molar-refractivity contribution in [2.45, 2.75) is 111 Å². The van der Waals surface area contributed by atoms with E-state index in [9.17, 15) is 24.3 Å². The highest BCUT2D eigenvalue weighted by Crippen LogP contribution is 2.65. The summed E-state index contributed by atoms with van der Waals surface area (Å²) in [5, 5.41) is 19.3. The fourth-order valence-electron chi connectivity index (χ4n) is 6.04. The Labute approximate surface area is 227 Å². The summed E-state index contributed by atoms with van der Waals surface area (Å²) in [5.41, 5.74) is -1.20. The molecule has 0 bridgehead atoms. The van der Waals surface area contributed by atoms with Crippen LogP contribution in [0.25, 0.3) is 0 Å². The summed E-state index contributed by atoms with van der Waals surface area (Å²) in [6, 6.07) is -2.86. The van der Waals surface area contributed by atoms with E-state index in [-0.39, 0.29) is 29.1 Å². The number of hydrogen-bond acceptors (Lipinski definition) is 6. The van der Waals surface area contributed by atoms with Crippen LogP contribution in [0, 0.1) is 28.6 Å². The predicted molar refractivity (Wildman–Crippen MR) is 143 cm³/mol. The average Bonchev–Trinajstić information content (AvgIpc) is 3.08. The molecule has 2 aliphatic carbocycles. The van der Waals surface area contributed by atoms with Crippen LogP contribution in [0.2, 0.25) is 0 Å². The fraction of sp³-hybridized carbons (Fsp3) is 0.857. The van der Waals surface area contributed by atoms with Crippen LogP contribution in [0.4, 0.5) is 4.79 Å². The van der Waals surface area contributed by atoms with Crippen LogP contribution in [0.5, 0.6) is 0 Å². The van der Waals surface area contributed by atoms with Crippen LogP contribution in [-0.4, -0.2) is 77.2 Å². The van der Waals surface area contributed by atoms with Crippen molar-refractivity contribution in [2.75, 3.05) is 13.7 Å². The molecule has 4 N–H and O–H groups in total. The fourth-order valence-corrected chi connectivity index (χ4v) is 6.04. The molecular weight excluding hydrogens is 488 g/mol. The smallest absolute Gasteiger partial charge is 0.336 e. The lowest BCUT2D eigenvalue weighted by Crippen LogP contribution is -2.62. The van der Waals surface area contributed by atoms with Gasteiger partial charge in [-0.3, -0.25) is 9.59 Å². The first-order valence-electron chi connectivity index (χ1n) is 13.8. The topological polar surface area (TPSA) is 137 Å². The number of carbonyl (C=O) groups is 4. The van der Waals surface area contributed by atoms with Gasteiger partial charge < -0.3 is 30.7 Å². The SMILES string of the molecule is COC(=O)C(O)C(CC1CCC1)NC(=O)[C@@H]1C2C(CN1C(=O)[C@@H](NC(=O)NC(C)(C)C)C(C)(C)C)C2(C)C. The number of nitrogens with zero attached hydrogens (tertiary/aromatic N) is 1. The van der Waals surface area contributed by atoms with Gasteiger partial charge in [-0.15, -0.1) is 0 Å². The van der Waals surface area contributed by atoms with Gasteiger partial charge in [0.15, 0.2) is 6.10 Å². The van der Waals surface area contributed by atoms with E-state index in [4.69, 9.17) is 4.74 Å². The monoisotopic (exact) mass is 536 g/mol. The van der Waals surface area contributed by atoms with Gasteiger partial charge in [0, 0.05) is 12.1 Å². The highest BCUT2D eigenvalue weighted by Gasteiger charge is 2.70. The van der Waals surface area contributed by atoms with Gasteiger partial charge in [-0.05, 0) is 55.8 Å². The number of nitrogens with one attached hydrogen (secondary N) is 3. The number of esters is 1. The van der Waals surface area contributed by atoms with Crippen LogP contribution < -0.4 is 16.0 Å². The molecule has 4 unspecified atom stereocenters. The van der Waals surface area contributed by atoms with Gasteiger partial charge >= 0.3 is 12.0 Å². The van der Waals surface area contributed by atoms with Gasteiger partial charge in [0.05, 0.1) is 13.2 Å². The summed E-state index contributed by atoms with van der Waals surface area (Å²) < 4.78 is 4.74. The predicted octanol–water partition coefficient (Wildman–Crippen LogP) is 2.19. The summed E-state index contributed by atoms with van der Waals surface area (Å²) in [7, 11) is 1.21. The summed E-state index contributed by atoms with van der Waals surface area (Å²) >= 11 is 0. The molecule has 2 saturated carbocycles. The van der Waals surface area contributed by atoms with Gasteiger partial charge in [-0.25, -0.2) is 9.59 Å². The summed E-state index contributed by atoms with van der Waals surface area (Å²) in [6.45, 7) is 15.8. The van der Waals surface area contributed by atoms with Crippen LogP contribution in [0.15, 0.2) is 0 Å². The molecule has 3 aliphatic rings. The lowest BCUT2D eigenvalue weighted by molar-refractivity contribution is -0.153. The van der Waals surface area contributed by atoms with Gasteiger partial charge in [-0.2, -0.15) is 0 Å². The van der Waals surface area contributed by atoms with Crippen LogP contribution in [0.1, 0.15) is 81.1 Å². The third kappa shape index (κ3) is 6.43. The number of amides is 4. The van der Waals surface area contributed by atoms with E-state index in [1.54, 1.807) is 4.90 Å². The Balaban J connectivity index is 1.83. The molecule has 3 rings (SSSR count). The number of methoxy groups -OCH3 is 1. The quantitative estimate of drug-likeness (QED) is 0.351. The standard InChI is InChI=1S/C28H48N4O6/c1-26(2,3)21(30-25(37)31-27(4,5)6)23(35)32-14-16-18(28(16,7)8)19(32)22(34)29-17(13-15-11-10-12-15)20(33)24(36)38-9/h15-21,33H,10-14H2,1-9H3,(H,29,34)(H2,30,31,37)/t16?,17?,18?,19-,20?,21+/m0/s1. The molecular formula is C28H48N4O6. The van der Waals surface area contributed by atoms with Gasteiger partial charge in [0.2, 0.25) is 11.8 Å². The molecule has 0 aromatic rings. The maximum absolute atomic E-state index is 14.0. The normalized spacial score (nSPS) is 26.8. The molecule has 1 heterocycles. The van der Waals surface area contributed by atoms with E-state index >= 15 is 0 Å². The highest BCUT2D eigenvalue weighted by molar-refractivity contribution is 5.94. The van der Waals surface area contributed by atoms with Crippen molar-refractivity contribution < 1.29 is 29.0 Å².